The quantitative estimate of drug-likeness (QED) is 0.618. The van der Waals surface area contributed by atoms with E-state index < -0.39 is 0 Å². The molecule has 1 heterocycles. The Balaban J connectivity index is 2.27. The van der Waals surface area contributed by atoms with Crippen LogP contribution in [0.25, 0.3) is 0 Å². The fourth-order valence-corrected chi connectivity index (χ4v) is 3.37. The van der Waals surface area contributed by atoms with Gasteiger partial charge < -0.3 is 4.90 Å². The number of hydrogen-bond donors (Lipinski definition) is 0. The zero-order valence-corrected chi connectivity index (χ0v) is 14.4. The molecule has 0 N–H and O–H groups in total. The number of carbonyl (C=O) groups excluding carboxylic acids is 1. The van der Waals surface area contributed by atoms with E-state index in [0.717, 1.165) is 26.6 Å². The molecule has 0 saturated carbocycles. The molecular weight excluding hydrogens is 405 g/mol. The lowest BCUT2D eigenvalue weighted by Crippen LogP contribution is -2.46. The van der Waals surface area contributed by atoms with Crippen molar-refractivity contribution < 1.29 is 4.79 Å². The van der Waals surface area contributed by atoms with Gasteiger partial charge in [0.05, 0.1) is 5.56 Å². The highest BCUT2D eigenvalue weighted by molar-refractivity contribution is 14.1. The number of rotatable bonds is 1. The largest absolute Gasteiger partial charge is 0.336 e. The lowest BCUT2D eigenvalue weighted by molar-refractivity contribution is 0.0550. The van der Waals surface area contributed by atoms with E-state index in [2.05, 4.69) is 52.4 Å². The number of nitrogens with zero attached hydrogens (tertiary/aromatic N) is 1. The average Bonchev–Trinajstić information content (AvgIpc) is 2.35. The molecule has 0 spiro atoms. The van der Waals surface area contributed by atoms with Crippen LogP contribution in [0.3, 0.4) is 0 Å². The van der Waals surface area contributed by atoms with Gasteiger partial charge in [0, 0.05) is 20.6 Å². The maximum Gasteiger partial charge on any atom is 0.255 e. The average molecular weight is 422 g/mol. The Labute approximate surface area is 130 Å². The summed E-state index contributed by atoms with van der Waals surface area (Å²) in [4.78, 5) is 14.7. The first-order valence-corrected chi connectivity index (χ1v) is 8.14. The first-order valence-electron chi connectivity index (χ1n) is 6.26. The van der Waals surface area contributed by atoms with Crippen molar-refractivity contribution >= 4 is 44.4 Å². The van der Waals surface area contributed by atoms with E-state index >= 15 is 0 Å². The third kappa shape index (κ3) is 2.90. The van der Waals surface area contributed by atoms with Crippen molar-refractivity contribution in [3.8, 4) is 0 Å². The number of hydrogen-bond acceptors (Lipinski definition) is 1. The molecule has 0 bridgehead atoms. The lowest BCUT2D eigenvalue weighted by Gasteiger charge is -2.38. The van der Waals surface area contributed by atoms with Crippen molar-refractivity contribution in [1.82, 2.24) is 4.90 Å². The van der Waals surface area contributed by atoms with E-state index in [9.17, 15) is 4.79 Å². The van der Waals surface area contributed by atoms with Crippen LogP contribution in [-0.4, -0.2) is 23.4 Å². The van der Waals surface area contributed by atoms with Crippen LogP contribution in [0.2, 0.25) is 0 Å². The highest BCUT2D eigenvalue weighted by Gasteiger charge is 2.29. The Morgan fingerprint density at radius 3 is 2.89 bits per heavy atom. The minimum absolute atomic E-state index is 0.166. The van der Waals surface area contributed by atoms with Crippen LogP contribution >= 0.6 is 38.5 Å². The van der Waals surface area contributed by atoms with Crippen LogP contribution < -0.4 is 0 Å². The molecule has 0 aliphatic carbocycles. The van der Waals surface area contributed by atoms with E-state index in [4.69, 9.17) is 0 Å². The Kier molecular flexibility index (Phi) is 4.69. The summed E-state index contributed by atoms with van der Waals surface area (Å²) >= 11 is 5.67. The van der Waals surface area contributed by atoms with Gasteiger partial charge in [-0.05, 0) is 66.5 Å². The maximum atomic E-state index is 12.6. The lowest BCUT2D eigenvalue weighted by atomic mass is 9.91. The van der Waals surface area contributed by atoms with Crippen molar-refractivity contribution in [3.05, 3.63) is 31.8 Å². The Morgan fingerprint density at radius 2 is 2.17 bits per heavy atom. The highest BCUT2D eigenvalue weighted by atomic mass is 127. The minimum Gasteiger partial charge on any atom is -0.336 e. The van der Waals surface area contributed by atoms with Gasteiger partial charge in [-0.1, -0.05) is 22.9 Å². The van der Waals surface area contributed by atoms with E-state index in [1.165, 1.54) is 6.42 Å². The molecule has 1 aliphatic rings. The normalized spacial score (nSPS) is 24.1. The Bertz CT molecular complexity index is 463. The molecule has 2 unspecified atom stereocenters. The summed E-state index contributed by atoms with van der Waals surface area (Å²) in [7, 11) is 0. The molecule has 4 heteroatoms. The zero-order chi connectivity index (χ0) is 13.3. The summed E-state index contributed by atoms with van der Waals surface area (Å²) in [6, 6.07) is 6.22. The van der Waals surface area contributed by atoms with Crippen molar-refractivity contribution in [2.45, 2.75) is 32.7 Å². The third-order valence-corrected chi connectivity index (χ3v) is 5.23. The van der Waals surface area contributed by atoms with Gasteiger partial charge in [0.2, 0.25) is 0 Å². The van der Waals surface area contributed by atoms with Crippen LogP contribution in [0.4, 0.5) is 0 Å². The van der Waals surface area contributed by atoms with Crippen LogP contribution in [0.15, 0.2) is 22.7 Å². The molecule has 18 heavy (non-hydrogen) atoms. The SMILES string of the molecule is CC1CCCN(C(=O)c2cc(Br)ccc2I)C1C. The topological polar surface area (TPSA) is 20.3 Å². The van der Waals surface area contributed by atoms with Gasteiger partial charge in [0.25, 0.3) is 5.91 Å². The summed E-state index contributed by atoms with van der Waals surface area (Å²) < 4.78 is 1.98. The second-order valence-electron chi connectivity index (χ2n) is 4.98. The van der Waals surface area contributed by atoms with E-state index in [1.807, 2.05) is 23.1 Å². The summed E-state index contributed by atoms with van der Waals surface area (Å²) in [5, 5.41) is 0. The highest BCUT2D eigenvalue weighted by Crippen LogP contribution is 2.27. The number of carbonyl (C=O) groups is 1. The number of amides is 1. The molecule has 2 nitrogen and oxygen atoms in total. The molecule has 2 atom stereocenters. The fourth-order valence-electron chi connectivity index (χ4n) is 2.44. The number of likely N-dealkylation sites (tertiary alicyclic amines) is 1. The van der Waals surface area contributed by atoms with Crippen molar-refractivity contribution in [2.75, 3.05) is 6.54 Å². The molecule has 1 saturated heterocycles. The third-order valence-electron chi connectivity index (χ3n) is 3.79. The van der Waals surface area contributed by atoms with Crippen LogP contribution in [-0.2, 0) is 0 Å². The second-order valence-corrected chi connectivity index (χ2v) is 7.06. The van der Waals surface area contributed by atoms with E-state index in [0.29, 0.717) is 12.0 Å². The number of halogens is 2. The van der Waals surface area contributed by atoms with Crippen LogP contribution in [0, 0.1) is 9.49 Å². The van der Waals surface area contributed by atoms with Crippen LogP contribution in [0.1, 0.15) is 37.0 Å². The van der Waals surface area contributed by atoms with Gasteiger partial charge in [0.15, 0.2) is 0 Å². The first-order chi connectivity index (χ1) is 8.50. The molecule has 2 rings (SSSR count). The molecule has 1 amide bonds. The van der Waals surface area contributed by atoms with Gasteiger partial charge in [0.1, 0.15) is 0 Å². The molecule has 98 valence electrons. The van der Waals surface area contributed by atoms with Gasteiger partial charge in [-0.25, -0.2) is 0 Å². The molecule has 0 aromatic heterocycles. The second kappa shape index (κ2) is 5.90. The summed E-state index contributed by atoms with van der Waals surface area (Å²) in [5.41, 5.74) is 0.811. The Morgan fingerprint density at radius 1 is 1.44 bits per heavy atom. The number of piperidine rings is 1. The zero-order valence-electron chi connectivity index (χ0n) is 10.6. The van der Waals surface area contributed by atoms with Crippen molar-refractivity contribution in [2.24, 2.45) is 5.92 Å². The number of benzene rings is 1. The van der Waals surface area contributed by atoms with Crippen LogP contribution in [0.5, 0.6) is 0 Å². The summed E-state index contributed by atoms with van der Waals surface area (Å²) in [6.07, 6.45) is 2.34. The van der Waals surface area contributed by atoms with E-state index in [1.54, 1.807) is 0 Å². The predicted molar refractivity (Wildman–Crippen MR) is 85.8 cm³/mol. The van der Waals surface area contributed by atoms with Crippen molar-refractivity contribution in [3.63, 3.8) is 0 Å². The van der Waals surface area contributed by atoms with Crippen molar-refractivity contribution in [1.29, 1.82) is 0 Å². The first kappa shape index (κ1) is 14.3. The molecular formula is C14H17BrINO. The molecule has 1 aromatic rings. The monoisotopic (exact) mass is 421 g/mol. The molecule has 1 fully saturated rings. The minimum atomic E-state index is 0.166. The smallest absolute Gasteiger partial charge is 0.255 e. The summed E-state index contributed by atoms with van der Waals surface area (Å²) in [5.74, 6) is 0.757. The predicted octanol–water partition coefficient (Wildman–Crippen LogP) is 4.31. The van der Waals surface area contributed by atoms with Gasteiger partial charge in [-0.2, -0.15) is 0 Å². The van der Waals surface area contributed by atoms with E-state index in [-0.39, 0.29) is 5.91 Å². The standard InChI is InChI=1S/C14H17BrINO/c1-9-4-3-7-17(10(9)2)14(18)12-8-11(15)5-6-13(12)16/h5-6,8-10H,3-4,7H2,1-2H3. The molecule has 0 radical (unpaired) electrons. The van der Waals surface area contributed by atoms with Gasteiger partial charge in [-0.15, -0.1) is 0 Å². The molecule has 1 aliphatic heterocycles. The fraction of sp³-hybridized carbons (Fsp3) is 0.500. The summed E-state index contributed by atoms with van der Waals surface area (Å²) in [6.45, 7) is 5.27. The van der Waals surface area contributed by atoms with Gasteiger partial charge >= 0.3 is 0 Å². The maximum absolute atomic E-state index is 12.6. The Hall–Kier alpha value is -0.100. The molecule has 1 aromatic carbocycles. The van der Waals surface area contributed by atoms with Gasteiger partial charge in [-0.3, -0.25) is 4.79 Å².